The molecule has 0 N–H and O–H groups in total. The van der Waals surface area contributed by atoms with Gasteiger partial charge in [0.15, 0.2) is 0 Å². The number of methoxy groups -OCH3 is 1. The van der Waals surface area contributed by atoms with Gasteiger partial charge in [-0.2, -0.15) is 0 Å². The van der Waals surface area contributed by atoms with E-state index < -0.39 is 17.8 Å². The molecule has 0 saturated carbocycles. The number of imide groups is 1. The van der Waals surface area contributed by atoms with Gasteiger partial charge in [-0.25, -0.2) is 9.69 Å². The molecule has 1 aliphatic heterocycles. The van der Waals surface area contributed by atoms with E-state index in [0.29, 0.717) is 33.3 Å². The first-order valence-electron chi connectivity index (χ1n) is 6.84. The normalized spacial score (nSPS) is 13.2. The summed E-state index contributed by atoms with van der Waals surface area (Å²) in [6, 6.07) is 11.5. The number of nitrogens with zero attached hydrogens (tertiary/aromatic N) is 1. The van der Waals surface area contributed by atoms with E-state index in [1.807, 2.05) is 0 Å². The van der Waals surface area contributed by atoms with Crippen LogP contribution in [0, 0.1) is 0 Å². The Morgan fingerprint density at radius 2 is 1.65 bits per heavy atom. The topological polar surface area (TPSA) is 63.7 Å². The predicted octanol–water partition coefficient (Wildman–Crippen LogP) is 3.17. The summed E-state index contributed by atoms with van der Waals surface area (Å²) >= 11 is 3.32. The summed E-state index contributed by atoms with van der Waals surface area (Å²) in [6.45, 7) is 0. The lowest BCUT2D eigenvalue weighted by Crippen LogP contribution is -2.30. The number of fused-ring (bicyclic) bond motifs is 1. The average Bonchev–Trinajstić information content (AvgIpc) is 2.85. The molecule has 0 atom stereocenters. The first kappa shape index (κ1) is 15.4. The SMILES string of the molecule is COC(=O)c1cccc([15N]2C(=O)c3ccccc3C2=O)c1CBr. The molecule has 116 valence electrons. The van der Waals surface area contributed by atoms with Crippen molar-refractivity contribution in [1.82, 2.24) is 0 Å². The highest BCUT2D eigenvalue weighted by molar-refractivity contribution is 9.08. The molecule has 0 spiro atoms. The van der Waals surface area contributed by atoms with Gasteiger partial charge in [0.05, 0.1) is 29.5 Å². The highest BCUT2D eigenvalue weighted by Crippen LogP contribution is 2.33. The number of carbonyl (C=O) groups is 3. The molecule has 2 amide bonds. The highest BCUT2D eigenvalue weighted by atomic mass is 79.9. The van der Waals surface area contributed by atoms with Crippen molar-refractivity contribution < 1.29 is 19.1 Å². The second-order valence-electron chi connectivity index (χ2n) is 4.92. The molecule has 5 nitrogen and oxygen atoms in total. The van der Waals surface area contributed by atoms with Crippen LogP contribution in [0.15, 0.2) is 42.5 Å². The fraction of sp³-hybridized carbons (Fsp3) is 0.118. The molecule has 0 aliphatic carbocycles. The Bertz CT molecular complexity index is 796. The van der Waals surface area contributed by atoms with Gasteiger partial charge in [0.25, 0.3) is 11.8 Å². The molecule has 1 aliphatic rings. The number of benzene rings is 2. The maximum atomic E-state index is 12.6. The Labute approximate surface area is 141 Å². The van der Waals surface area contributed by atoms with Gasteiger partial charge in [-0.05, 0) is 24.3 Å². The zero-order valence-electron chi connectivity index (χ0n) is 12.2. The maximum Gasteiger partial charge on any atom is 0.338 e. The number of alkyl halides is 1. The summed E-state index contributed by atoms with van der Waals surface area (Å²) in [5, 5.41) is 0.307. The van der Waals surface area contributed by atoms with Crippen LogP contribution >= 0.6 is 15.9 Å². The third kappa shape index (κ3) is 2.35. The van der Waals surface area contributed by atoms with E-state index in [2.05, 4.69) is 15.9 Å². The van der Waals surface area contributed by atoms with E-state index in [9.17, 15) is 14.4 Å². The van der Waals surface area contributed by atoms with Crippen LogP contribution in [0.2, 0.25) is 0 Å². The fourth-order valence-electron chi connectivity index (χ4n) is 2.63. The van der Waals surface area contributed by atoms with Gasteiger partial charge in [0, 0.05) is 10.9 Å². The van der Waals surface area contributed by atoms with Crippen LogP contribution in [0.1, 0.15) is 36.6 Å². The molecule has 1 heterocycles. The van der Waals surface area contributed by atoms with E-state index in [-0.39, 0.29) is 0 Å². The summed E-state index contributed by atoms with van der Waals surface area (Å²) in [5.74, 6) is -1.30. The zero-order chi connectivity index (χ0) is 16.6. The van der Waals surface area contributed by atoms with E-state index in [1.54, 1.807) is 42.5 Å². The number of esters is 1. The molecule has 23 heavy (non-hydrogen) atoms. The molecule has 2 aromatic carbocycles. The minimum atomic E-state index is -0.516. The van der Waals surface area contributed by atoms with Gasteiger partial charge in [0.1, 0.15) is 0 Å². The number of rotatable bonds is 3. The van der Waals surface area contributed by atoms with Gasteiger partial charge in [-0.15, -0.1) is 0 Å². The molecular weight excluding hydrogens is 363 g/mol. The Kier molecular flexibility index (Phi) is 4.00. The molecular formula is C17H12BrNO4. The number of halogens is 1. The molecule has 3 rings (SSSR count). The first-order valence-corrected chi connectivity index (χ1v) is 7.96. The average molecular weight is 375 g/mol. The van der Waals surface area contributed by atoms with Gasteiger partial charge in [-0.3, -0.25) is 9.59 Å². The lowest BCUT2D eigenvalue weighted by Gasteiger charge is -2.19. The Morgan fingerprint density at radius 3 is 2.17 bits per heavy atom. The molecule has 0 radical (unpaired) electrons. The maximum absolute atomic E-state index is 12.6. The van der Waals surface area contributed by atoms with Gasteiger partial charge in [-0.1, -0.05) is 34.1 Å². The number of ether oxygens (including phenoxy) is 1. The highest BCUT2D eigenvalue weighted by Gasteiger charge is 2.37. The monoisotopic (exact) mass is 374 g/mol. The number of hydrogen-bond donors (Lipinski definition) is 0. The number of amides is 2. The minimum absolute atomic E-state index is 0.307. The number of hydrogen-bond acceptors (Lipinski definition) is 4. The van der Waals surface area contributed by atoms with Crippen molar-refractivity contribution in [2.75, 3.05) is 12.0 Å². The van der Waals surface area contributed by atoms with Crippen LogP contribution < -0.4 is 4.90 Å². The zero-order valence-corrected chi connectivity index (χ0v) is 13.8. The van der Waals surface area contributed by atoms with Crippen LogP contribution in [0.3, 0.4) is 0 Å². The van der Waals surface area contributed by atoms with Gasteiger partial charge >= 0.3 is 5.97 Å². The van der Waals surface area contributed by atoms with E-state index in [1.165, 1.54) is 7.11 Å². The van der Waals surface area contributed by atoms with Crippen molar-refractivity contribution in [3.8, 4) is 0 Å². The second-order valence-corrected chi connectivity index (χ2v) is 5.48. The summed E-state index contributed by atoms with van der Waals surface area (Å²) in [4.78, 5) is 38.2. The van der Waals surface area contributed by atoms with Crippen molar-refractivity contribution in [1.29, 1.82) is 0 Å². The molecule has 0 unspecified atom stereocenters. The third-order valence-electron chi connectivity index (χ3n) is 3.73. The molecule has 0 saturated heterocycles. The van der Waals surface area contributed by atoms with E-state index in [0.717, 1.165) is 4.90 Å². The second kappa shape index (κ2) is 5.96. The minimum Gasteiger partial charge on any atom is -0.465 e. The summed E-state index contributed by atoms with van der Waals surface area (Å²) in [5.41, 5.74) is 1.96. The van der Waals surface area contributed by atoms with Crippen molar-refractivity contribution in [2.24, 2.45) is 0 Å². The number of carbonyl (C=O) groups excluding carboxylic acids is 3. The van der Waals surface area contributed by atoms with Crippen molar-refractivity contribution in [3.05, 3.63) is 64.7 Å². The largest absolute Gasteiger partial charge is 0.465 e. The molecule has 0 aromatic heterocycles. The summed E-state index contributed by atoms with van der Waals surface area (Å²) < 4.78 is 4.76. The Hall–Kier alpha value is -2.47. The van der Waals surface area contributed by atoms with Crippen molar-refractivity contribution in [2.45, 2.75) is 5.33 Å². The van der Waals surface area contributed by atoms with Crippen molar-refractivity contribution in [3.63, 3.8) is 0 Å². The van der Waals surface area contributed by atoms with Gasteiger partial charge in [0.2, 0.25) is 0 Å². The first-order chi connectivity index (χ1) is 11.1. The predicted molar refractivity (Wildman–Crippen MR) is 88.0 cm³/mol. The lowest BCUT2D eigenvalue weighted by molar-refractivity contribution is 0.0599. The quantitative estimate of drug-likeness (QED) is 0.358. The lowest BCUT2D eigenvalue weighted by atomic mass is 10.1. The standard InChI is InChI=1S/C17H12BrNO4/c1-23-17(22)12-7-4-8-14(13(12)9-18)19-15(20)10-5-2-3-6-11(10)16(19)21/h2-8H,9H2,1H3/i19+1. The third-order valence-corrected chi connectivity index (χ3v) is 4.29. The molecule has 6 heteroatoms. The Morgan fingerprint density at radius 1 is 1.04 bits per heavy atom. The van der Waals surface area contributed by atoms with Crippen LogP contribution in [-0.2, 0) is 10.1 Å². The Balaban J connectivity index is 2.16. The summed E-state index contributed by atoms with van der Waals surface area (Å²) in [7, 11) is 1.29. The van der Waals surface area contributed by atoms with Crippen molar-refractivity contribution >= 4 is 39.4 Å². The number of anilines is 1. The molecule has 0 bridgehead atoms. The molecule has 2 aromatic rings. The van der Waals surface area contributed by atoms with E-state index in [4.69, 9.17) is 4.74 Å². The van der Waals surface area contributed by atoms with Crippen LogP contribution in [0.5, 0.6) is 0 Å². The smallest absolute Gasteiger partial charge is 0.338 e. The van der Waals surface area contributed by atoms with Crippen LogP contribution in [-0.4, -0.2) is 24.9 Å². The van der Waals surface area contributed by atoms with Crippen LogP contribution in [0.4, 0.5) is 5.69 Å². The fourth-order valence-corrected chi connectivity index (χ4v) is 3.22. The summed E-state index contributed by atoms with van der Waals surface area (Å²) in [6.07, 6.45) is 0. The van der Waals surface area contributed by atoms with Gasteiger partial charge < -0.3 is 4.74 Å². The molecule has 0 fully saturated rings. The van der Waals surface area contributed by atoms with E-state index >= 15 is 0 Å². The van der Waals surface area contributed by atoms with Crippen LogP contribution in [0.25, 0.3) is 0 Å².